The maximum atomic E-state index is 10.5. The van der Waals surface area contributed by atoms with Gasteiger partial charge in [0, 0.05) is 0 Å². The maximum Gasteiger partial charge on any atom is 0.267 e. The van der Waals surface area contributed by atoms with Crippen molar-refractivity contribution in [2.45, 2.75) is 0 Å². The molecule has 9 heavy (non-hydrogen) atoms. The zero-order chi connectivity index (χ0) is 7.28. The number of carbonyl (C=O) groups is 1. The van der Waals surface area contributed by atoms with Crippen LogP contribution in [0, 0.1) is 0 Å². The Balaban J connectivity index is 3.26. The molecule has 0 aliphatic heterocycles. The van der Waals surface area contributed by atoms with Crippen LogP contribution >= 0.6 is 0 Å². The van der Waals surface area contributed by atoms with E-state index in [9.17, 15) is 9.35 Å². The quantitative estimate of drug-likeness (QED) is 0.465. The van der Waals surface area contributed by atoms with Crippen molar-refractivity contribution in [3.05, 3.63) is 0 Å². The molecule has 3 N–H and O–H groups in total. The first-order valence-corrected chi connectivity index (χ1v) is 3.89. The van der Waals surface area contributed by atoms with Crippen molar-refractivity contribution in [2.24, 2.45) is 5.73 Å². The summed E-state index contributed by atoms with van der Waals surface area (Å²) in [5.41, 5.74) is 4.71. The molecule has 5 heteroatoms. The van der Waals surface area contributed by atoms with Gasteiger partial charge in [0.15, 0.2) is 5.75 Å². The van der Waals surface area contributed by atoms with Gasteiger partial charge in [-0.15, -0.1) is 0 Å². The molecule has 1 unspecified atom stereocenters. The average molecular weight is 151 g/mol. The molecule has 1 amide bonds. The van der Waals surface area contributed by atoms with Crippen molar-refractivity contribution in [3.63, 3.8) is 0 Å². The summed E-state index contributed by atoms with van der Waals surface area (Å²) < 4.78 is 10.5. The van der Waals surface area contributed by atoms with E-state index in [-0.39, 0.29) is 18.1 Å². The van der Waals surface area contributed by atoms with Crippen LogP contribution in [0.2, 0.25) is 0 Å². The van der Waals surface area contributed by atoms with Crippen LogP contribution in [0.25, 0.3) is 0 Å². The topological polar surface area (TPSA) is 86.4 Å². The SMILES string of the molecule is NC(=O)C[S+]([O-])CCO. The zero-order valence-electron chi connectivity index (χ0n) is 4.87. The van der Waals surface area contributed by atoms with Crippen LogP contribution in [0.15, 0.2) is 0 Å². The van der Waals surface area contributed by atoms with Crippen LogP contribution < -0.4 is 5.73 Å². The van der Waals surface area contributed by atoms with Crippen LogP contribution in [0.4, 0.5) is 0 Å². The number of carbonyl (C=O) groups excluding carboxylic acids is 1. The standard InChI is InChI=1S/C4H9NO3S/c5-4(7)3-9(8)2-1-6/h6H,1-3H2,(H2,5,7). The highest BCUT2D eigenvalue weighted by Crippen LogP contribution is 1.86. The van der Waals surface area contributed by atoms with E-state index in [0.717, 1.165) is 0 Å². The number of amides is 1. The Hall–Kier alpha value is -0.260. The van der Waals surface area contributed by atoms with Gasteiger partial charge in [-0.05, 0) is 11.2 Å². The highest BCUT2D eigenvalue weighted by Gasteiger charge is 2.07. The first kappa shape index (κ1) is 8.74. The third kappa shape index (κ3) is 5.61. The van der Waals surface area contributed by atoms with E-state index in [2.05, 4.69) is 0 Å². The Kier molecular flexibility index (Phi) is 4.47. The molecule has 0 radical (unpaired) electrons. The van der Waals surface area contributed by atoms with E-state index in [1.54, 1.807) is 0 Å². The minimum atomic E-state index is -1.27. The molecule has 0 bridgehead atoms. The molecular formula is C4H9NO3S. The van der Waals surface area contributed by atoms with Crippen LogP contribution in [0.1, 0.15) is 0 Å². The summed E-state index contributed by atoms with van der Waals surface area (Å²) in [6.45, 7) is -0.167. The van der Waals surface area contributed by atoms with Gasteiger partial charge in [0.2, 0.25) is 0 Å². The van der Waals surface area contributed by atoms with Gasteiger partial charge in [0.05, 0.1) is 6.61 Å². The Morgan fingerprint density at radius 2 is 2.33 bits per heavy atom. The molecule has 0 saturated heterocycles. The summed E-state index contributed by atoms with van der Waals surface area (Å²) in [4.78, 5) is 10.0. The van der Waals surface area contributed by atoms with Crippen molar-refractivity contribution in [3.8, 4) is 0 Å². The van der Waals surface area contributed by atoms with Crippen LogP contribution in [0.3, 0.4) is 0 Å². The lowest BCUT2D eigenvalue weighted by Gasteiger charge is -2.05. The van der Waals surface area contributed by atoms with Gasteiger partial charge in [0.1, 0.15) is 5.75 Å². The van der Waals surface area contributed by atoms with E-state index in [0.29, 0.717) is 0 Å². The second-order valence-electron chi connectivity index (χ2n) is 1.48. The minimum Gasteiger partial charge on any atom is -0.616 e. The summed E-state index contributed by atoms with van der Waals surface area (Å²) in [5, 5.41) is 8.20. The minimum absolute atomic E-state index is 0.128. The van der Waals surface area contributed by atoms with Gasteiger partial charge in [0.25, 0.3) is 5.91 Å². The zero-order valence-corrected chi connectivity index (χ0v) is 5.69. The monoisotopic (exact) mass is 151 g/mol. The number of primary amides is 1. The highest BCUT2D eigenvalue weighted by molar-refractivity contribution is 7.92. The number of rotatable bonds is 4. The summed E-state index contributed by atoms with van der Waals surface area (Å²) in [6.07, 6.45) is 0. The van der Waals surface area contributed by atoms with Crippen LogP contribution in [-0.2, 0) is 16.0 Å². The lowest BCUT2D eigenvalue weighted by atomic mass is 10.8. The largest absolute Gasteiger partial charge is 0.616 e. The third-order valence-electron chi connectivity index (χ3n) is 0.622. The van der Waals surface area contributed by atoms with Gasteiger partial charge in [-0.2, -0.15) is 0 Å². The van der Waals surface area contributed by atoms with E-state index in [1.165, 1.54) is 0 Å². The summed E-state index contributed by atoms with van der Waals surface area (Å²) in [5.74, 6) is -0.620. The lowest BCUT2D eigenvalue weighted by Crippen LogP contribution is -2.25. The second-order valence-corrected chi connectivity index (χ2v) is 3.05. The Morgan fingerprint density at radius 3 is 2.67 bits per heavy atom. The first-order valence-electron chi connectivity index (χ1n) is 2.41. The number of hydrogen-bond acceptors (Lipinski definition) is 3. The summed E-state index contributed by atoms with van der Waals surface area (Å²) in [6, 6.07) is 0. The molecule has 0 heterocycles. The van der Waals surface area contributed by atoms with Gasteiger partial charge in [-0.25, -0.2) is 0 Å². The van der Waals surface area contributed by atoms with Crippen molar-refractivity contribution in [2.75, 3.05) is 18.1 Å². The normalized spacial score (nSPS) is 13.1. The maximum absolute atomic E-state index is 10.5. The molecule has 0 rings (SSSR count). The molecule has 0 aromatic carbocycles. The number of aliphatic hydroxyl groups excluding tert-OH is 1. The van der Waals surface area contributed by atoms with Crippen LogP contribution in [0.5, 0.6) is 0 Å². The Labute approximate surface area is 56.2 Å². The molecule has 0 saturated carbocycles. The van der Waals surface area contributed by atoms with Crippen LogP contribution in [-0.4, -0.2) is 33.7 Å². The van der Waals surface area contributed by atoms with Gasteiger partial charge in [-0.1, -0.05) is 0 Å². The third-order valence-corrected chi connectivity index (χ3v) is 1.87. The fraction of sp³-hybridized carbons (Fsp3) is 0.750. The molecule has 0 aromatic heterocycles. The molecular weight excluding hydrogens is 142 g/mol. The molecule has 0 aromatic rings. The van der Waals surface area contributed by atoms with Gasteiger partial charge < -0.3 is 15.4 Å². The van der Waals surface area contributed by atoms with E-state index in [1.807, 2.05) is 0 Å². The molecule has 0 aliphatic carbocycles. The molecule has 0 spiro atoms. The fourth-order valence-corrected chi connectivity index (χ4v) is 0.998. The fourth-order valence-electron chi connectivity index (χ4n) is 0.333. The van der Waals surface area contributed by atoms with E-state index in [4.69, 9.17) is 10.8 Å². The van der Waals surface area contributed by atoms with Crippen molar-refractivity contribution in [1.29, 1.82) is 0 Å². The predicted molar refractivity (Wildman–Crippen MR) is 34.2 cm³/mol. The average Bonchev–Trinajstić information content (AvgIpc) is 1.63. The van der Waals surface area contributed by atoms with E-state index >= 15 is 0 Å². The van der Waals surface area contributed by atoms with Crippen molar-refractivity contribution in [1.82, 2.24) is 0 Å². The molecule has 0 aliphatic rings. The molecule has 1 atom stereocenters. The van der Waals surface area contributed by atoms with E-state index < -0.39 is 17.1 Å². The van der Waals surface area contributed by atoms with Gasteiger partial charge in [-0.3, -0.25) is 4.79 Å². The Bertz CT molecular complexity index is 97.8. The molecule has 4 nitrogen and oxygen atoms in total. The first-order chi connectivity index (χ1) is 4.16. The second kappa shape index (κ2) is 4.60. The number of aliphatic hydroxyl groups is 1. The van der Waals surface area contributed by atoms with Gasteiger partial charge >= 0.3 is 0 Å². The molecule has 54 valence electrons. The predicted octanol–water partition coefficient (Wildman–Crippen LogP) is -1.79. The van der Waals surface area contributed by atoms with Crippen molar-refractivity contribution >= 4 is 17.1 Å². The molecule has 0 fully saturated rings. The summed E-state index contributed by atoms with van der Waals surface area (Å²) in [7, 11) is 0. The lowest BCUT2D eigenvalue weighted by molar-refractivity contribution is -0.115. The smallest absolute Gasteiger partial charge is 0.267 e. The summed E-state index contributed by atoms with van der Waals surface area (Å²) >= 11 is -1.27. The van der Waals surface area contributed by atoms with Crippen molar-refractivity contribution < 1.29 is 14.5 Å². The highest BCUT2D eigenvalue weighted by atomic mass is 32.2. The number of hydrogen-bond donors (Lipinski definition) is 2. The Morgan fingerprint density at radius 1 is 1.78 bits per heavy atom. The number of nitrogens with two attached hydrogens (primary N) is 1.